The first-order valence-electron chi connectivity index (χ1n) is 3.52. The van der Waals surface area contributed by atoms with Gasteiger partial charge in [-0.25, -0.2) is 4.57 Å². The Morgan fingerprint density at radius 1 is 1.33 bits per heavy atom. The molecule has 0 amide bonds. The monoisotopic (exact) mass is 196 g/mol. The van der Waals surface area contributed by atoms with E-state index in [0.29, 0.717) is 0 Å². The number of phosphoric acid groups is 1. The van der Waals surface area contributed by atoms with Crippen molar-refractivity contribution >= 4 is 7.82 Å². The molecule has 0 heterocycles. The van der Waals surface area contributed by atoms with Gasteiger partial charge in [0.1, 0.15) is 0 Å². The van der Waals surface area contributed by atoms with Crippen molar-refractivity contribution in [1.29, 1.82) is 0 Å². The molecule has 1 unspecified atom stereocenters. The van der Waals surface area contributed by atoms with Gasteiger partial charge in [-0.1, -0.05) is 12.2 Å². The van der Waals surface area contributed by atoms with E-state index >= 15 is 0 Å². The van der Waals surface area contributed by atoms with E-state index in [0.717, 1.165) is 19.3 Å². The van der Waals surface area contributed by atoms with Crippen LogP contribution >= 0.6 is 7.82 Å². The van der Waals surface area contributed by atoms with E-state index < -0.39 is 7.82 Å². The van der Waals surface area contributed by atoms with Gasteiger partial charge in [-0.3, -0.25) is 0 Å². The molecule has 0 spiro atoms. The van der Waals surface area contributed by atoms with Crippen molar-refractivity contribution in [2.24, 2.45) is 0 Å². The highest BCUT2D eigenvalue weighted by molar-refractivity contribution is 7.45. The molecule has 72 valence electrons. The van der Waals surface area contributed by atoms with E-state index in [1.54, 1.807) is 0 Å². The molecule has 0 radical (unpaired) electrons. The molecule has 0 aromatic carbocycles. The topological polar surface area (TPSA) is 98.0 Å². The number of hydrogen-bond acceptors (Lipinski definition) is 2. The van der Waals surface area contributed by atoms with Gasteiger partial charge in [0.05, 0.1) is 6.10 Å². The van der Waals surface area contributed by atoms with Crippen LogP contribution in [0, 0.1) is 0 Å². The summed E-state index contributed by atoms with van der Waals surface area (Å²) >= 11 is 0. The molecule has 5 nitrogen and oxygen atoms in total. The quantitative estimate of drug-likeness (QED) is 0.327. The second-order valence-corrected chi connectivity index (χ2v) is 3.47. The van der Waals surface area contributed by atoms with Crippen molar-refractivity contribution in [2.75, 3.05) is 0 Å². The van der Waals surface area contributed by atoms with Crippen LogP contribution in [-0.4, -0.2) is 25.9 Å². The van der Waals surface area contributed by atoms with Crippen LogP contribution in [0.5, 0.6) is 0 Å². The first-order chi connectivity index (χ1) is 5.39. The maximum absolute atomic E-state index is 8.88. The van der Waals surface area contributed by atoms with Crippen molar-refractivity contribution in [3.8, 4) is 0 Å². The summed E-state index contributed by atoms with van der Waals surface area (Å²) in [7, 11) is -4.64. The molecule has 1 aliphatic carbocycles. The second-order valence-electron chi connectivity index (χ2n) is 2.44. The molecule has 0 aromatic heterocycles. The summed E-state index contributed by atoms with van der Waals surface area (Å²) in [5.74, 6) is 0. The minimum absolute atomic E-state index is 0.145. The van der Waals surface area contributed by atoms with Gasteiger partial charge in [0, 0.05) is 0 Å². The molecular weight excluding hydrogens is 183 g/mol. The van der Waals surface area contributed by atoms with Crippen molar-refractivity contribution in [3.63, 3.8) is 0 Å². The van der Waals surface area contributed by atoms with Gasteiger partial charge in [0.25, 0.3) is 0 Å². The number of aliphatic hydroxyl groups excluding tert-OH is 1. The van der Waals surface area contributed by atoms with Crippen LogP contribution in [0.3, 0.4) is 0 Å². The van der Waals surface area contributed by atoms with E-state index in [1.807, 2.05) is 12.2 Å². The van der Waals surface area contributed by atoms with Gasteiger partial charge >= 0.3 is 7.82 Å². The number of hydrogen-bond donors (Lipinski definition) is 4. The van der Waals surface area contributed by atoms with E-state index in [-0.39, 0.29) is 6.10 Å². The van der Waals surface area contributed by atoms with Gasteiger partial charge in [0.15, 0.2) is 0 Å². The molecule has 1 aliphatic rings. The van der Waals surface area contributed by atoms with Crippen LogP contribution in [-0.2, 0) is 4.57 Å². The minimum atomic E-state index is -4.64. The molecule has 1 atom stereocenters. The van der Waals surface area contributed by atoms with Crippen molar-refractivity contribution in [3.05, 3.63) is 12.2 Å². The lowest BCUT2D eigenvalue weighted by Crippen LogP contribution is -2.04. The SMILES string of the molecule is O=P(O)(O)O.OC1C=CCCC1. The third-order valence-corrected chi connectivity index (χ3v) is 1.23. The Hall–Kier alpha value is -0.190. The predicted octanol–water partition coefficient (Wildman–Crippen LogP) is 0.159. The summed E-state index contributed by atoms with van der Waals surface area (Å²) in [6.07, 6.45) is 7.01. The first-order valence-corrected chi connectivity index (χ1v) is 5.09. The maximum Gasteiger partial charge on any atom is 0.466 e. The molecule has 0 saturated heterocycles. The molecular formula is C6H13O5P. The van der Waals surface area contributed by atoms with E-state index in [9.17, 15) is 0 Å². The summed E-state index contributed by atoms with van der Waals surface area (Å²) in [5.41, 5.74) is 0. The molecule has 0 saturated carbocycles. The molecule has 0 bridgehead atoms. The van der Waals surface area contributed by atoms with Gasteiger partial charge in [0.2, 0.25) is 0 Å². The largest absolute Gasteiger partial charge is 0.466 e. The van der Waals surface area contributed by atoms with Crippen LogP contribution in [0.15, 0.2) is 12.2 Å². The van der Waals surface area contributed by atoms with Crippen LogP contribution in [0.4, 0.5) is 0 Å². The Balaban J connectivity index is 0.000000217. The first kappa shape index (κ1) is 11.8. The highest BCUT2D eigenvalue weighted by atomic mass is 31.2. The number of allylic oxidation sites excluding steroid dienone is 1. The summed E-state index contributed by atoms with van der Waals surface area (Å²) in [4.78, 5) is 21.6. The third-order valence-electron chi connectivity index (χ3n) is 1.23. The number of aliphatic hydroxyl groups is 1. The van der Waals surface area contributed by atoms with Gasteiger partial charge in [-0.2, -0.15) is 0 Å². The Bertz CT molecular complexity index is 176. The van der Waals surface area contributed by atoms with Gasteiger partial charge < -0.3 is 19.8 Å². The van der Waals surface area contributed by atoms with E-state index in [4.69, 9.17) is 24.4 Å². The predicted molar refractivity (Wildman–Crippen MR) is 43.3 cm³/mol. The molecule has 6 heteroatoms. The van der Waals surface area contributed by atoms with Crippen molar-refractivity contribution < 1.29 is 24.4 Å². The fourth-order valence-corrected chi connectivity index (χ4v) is 0.794. The lowest BCUT2D eigenvalue weighted by atomic mass is 10.1. The highest BCUT2D eigenvalue weighted by Gasteiger charge is 2.00. The lowest BCUT2D eigenvalue weighted by molar-refractivity contribution is 0.204. The Kier molecular flexibility index (Phi) is 5.37. The summed E-state index contributed by atoms with van der Waals surface area (Å²) in [6.45, 7) is 0. The average molecular weight is 196 g/mol. The minimum Gasteiger partial charge on any atom is -0.389 e. The summed E-state index contributed by atoms with van der Waals surface area (Å²) in [6, 6.07) is 0. The van der Waals surface area contributed by atoms with Crippen LogP contribution in [0.1, 0.15) is 19.3 Å². The molecule has 0 aromatic rings. The smallest absolute Gasteiger partial charge is 0.389 e. The average Bonchev–Trinajstić information content (AvgIpc) is 1.85. The number of rotatable bonds is 0. The zero-order chi connectivity index (χ0) is 9.61. The second kappa shape index (κ2) is 5.45. The van der Waals surface area contributed by atoms with Crippen LogP contribution < -0.4 is 0 Å². The highest BCUT2D eigenvalue weighted by Crippen LogP contribution is 2.25. The summed E-state index contributed by atoms with van der Waals surface area (Å²) < 4.78 is 8.88. The fourth-order valence-electron chi connectivity index (χ4n) is 0.794. The fraction of sp³-hybridized carbons (Fsp3) is 0.667. The Labute approximate surface area is 70.6 Å². The molecule has 0 aliphatic heterocycles. The Morgan fingerprint density at radius 3 is 2.00 bits per heavy atom. The third kappa shape index (κ3) is 12.5. The normalized spacial score (nSPS) is 22.8. The molecule has 12 heavy (non-hydrogen) atoms. The van der Waals surface area contributed by atoms with Crippen molar-refractivity contribution in [2.45, 2.75) is 25.4 Å². The Morgan fingerprint density at radius 2 is 1.83 bits per heavy atom. The van der Waals surface area contributed by atoms with E-state index in [1.165, 1.54) is 0 Å². The standard InChI is InChI=1S/C6H10O.H3O4P/c7-6-4-2-1-3-5-6;1-5(2,3)4/h2,4,6-7H,1,3,5H2;(H3,1,2,3,4). The molecule has 1 rings (SSSR count). The zero-order valence-electron chi connectivity index (χ0n) is 6.50. The van der Waals surface area contributed by atoms with Gasteiger partial charge in [-0.15, -0.1) is 0 Å². The lowest BCUT2D eigenvalue weighted by Gasteiger charge is -2.07. The van der Waals surface area contributed by atoms with Gasteiger partial charge in [-0.05, 0) is 19.3 Å². The zero-order valence-corrected chi connectivity index (χ0v) is 7.39. The van der Waals surface area contributed by atoms with Crippen molar-refractivity contribution in [1.82, 2.24) is 0 Å². The van der Waals surface area contributed by atoms with Crippen LogP contribution in [0.25, 0.3) is 0 Å². The van der Waals surface area contributed by atoms with Crippen LogP contribution in [0.2, 0.25) is 0 Å². The van der Waals surface area contributed by atoms with E-state index in [2.05, 4.69) is 0 Å². The maximum atomic E-state index is 8.88. The molecule has 4 N–H and O–H groups in total. The molecule has 0 fully saturated rings. The summed E-state index contributed by atoms with van der Waals surface area (Å²) in [5, 5.41) is 8.82.